The molecule has 0 bridgehead atoms. The van der Waals surface area contributed by atoms with Crippen LogP contribution in [0.3, 0.4) is 0 Å². The molecule has 1 unspecified atom stereocenters. The molecule has 1 fully saturated rings. The molecule has 0 aromatic heterocycles. The largest absolute Gasteiger partial charge is 0.318 e. The number of benzene rings is 1. The first-order chi connectivity index (χ1) is 8.55. The number of sulfonamides is 1. The minimum Gasteiger partial charge on any atom is -0.318 e. The summed E-state index contributed by atoms with van der Waals surface area (Å²) in [4.78, 5) is 0.408. The van der Waals surface area contributed by atoms with E-state index < -0.39 is 10.0 Å². The van der Waals surface area contributed by atoms with Crippen molar-refractivity contribution in [2.75, 3.05) is 20.1 Å². The normalized spacial score (nSPS) is 21.3. The molecule has 0 aliphatic carbocycles. The van der Waals surface area contributed by atoms with Crippen LogP contribution in [-0.4, -0.2) is 38.9 Å². The summed E-state index contributed by atoms with van der Waals surface area (Å²) in [6.45, 7) is 3.25. The van der Waals surface area contributed by atoms with Crippen molar-refractivity contribution in [3.05, 3.63) is 29.8 Å². The van der Waals surface area contributed by atoms with Gasteiger partial charge < -0.3 is 5.32 Å². The third-order valence-electron chi connectivity index (χ3n) is 3.36. The van der Waals surface area contributed by atoms with Crippen LogP contribution in [-0.2, 0) is 10.0 Å². The van der Waals surface area contributed by atoms with Crippen molar-refractivity contribution in [3.63, 3.8) is 0 Å². The molecule has 1 heterocycles. The quantitative estimate of drug-likeness (QED) is 0.897. The highest BCUT2D eigenvalue weighted by Crippen LogP contribution is 2.26. The maximum absolute atomic E-state index is 12.6. The van der Waals surface area contributed by atoms with Crippen molar-refractivity contribution in [1.82, 2.24) is 9.62 Å². The molecule has 1 N–H and O–H groups in total. The molecule has 0 spiro atoms. The average Bonchev–Trinajstić information content (AvgIpc) is 2.78. The molecule has 1 atom stereocenters. The SMILES string of the molecule is CNCC1CCCN1S(=O)(=O)c1cccc(C)c1. The Morgan fingerprint density at radius 2 is 2.22 bits per heavy atom. The molecular weight excluding hydrogens is 248 g/mol. The number of hydrogen-bond donors (Lipinski definition) is 1. The molecular formula is C13H20N2O2S. The van der Waals surface area contributed by atoms with Gasteiger partial charge in [-0.05, 0) is 44.5 Å². The molecule has 1 aliphatic heterocycles. The number of nitrogens with zero attached hydrogens (tertiary/aromatic N) is 1. The van der Waals surface area contributed by atoms with Crippen molar-refractivity contribution >= 4 is 10.0 Å². The van der Waals surface area contributed by atoms with E-state index >= 15 is 0 Å². The van der Waals surface area contributed by atoms with Gasteiger partial charge in [-0.15, -0.1) is 0 Å². The monoisotopic (exact) mass is 268 g/mol. The summed E-state index contributed by atoms with van der Waals surface area (Å²) in [7, 11) is -1.48. The standard InChI is InChI=1S/C13H20N2O2S/c1-11-5-3-7-13(9-11)18(16,17)15-8-4-6-12(15)10-14-2/h3,5,7,9,12,14H,4,6,8,10H2,1-2H3. The van der Waals surface area contributed by atoms with Gasteiger partial charge in [-0.3, -0.25) is 0 Å². The first-order valence-electron chi connectivity index (χ1n) is 6.29. The van der Waals surface area contributed by atoms with E-state index in [9.17, 15) is 8.42 Å². The highest BCUT2D eigenvalue weighted by atomic mass is 32.2. The van der Waals surface area contributed by atoms with Gasteiger partial charge in [0.1, 0.15) is 0 Å². The van der Waals surface area contributed by atoms with Crippen LogP contribution in [0, 0.1) is 6.92 Å². The van der Waals surface area contributed by atoms with Gasteiger partial charge in [-0.1, -0.05) is 12.1 Å². The number of nitrogens with one attached hydrogen (secondary N) is 1. The maximum atomic E-state index is 12.6. The summed E-state index contributed by atoms with van der Waals surface area (Å²) in [5.74, 6) is 0. The Kier molecular flexibility index (Phi) is 4.04. The highest BCUT2D eigenvalue weighted by molar-refractivity contribution is 7.89. The summed E-state index contributed by atoms with van der Waals surface area (Å²) in [5.41, 5.74) is 0.973. The van der Waals surface area contributed by atoms with Crippen molar-refractivity contribution in [1.29, 1.82) is 0 Å². The van der Waals surface area contributed by atoms with Crippen LogP contribution in [0.5, 0.6) is 0 Å². The molecule has 18 heavy (non-hydrogen) atoms. The van der Waals surface area contributed by atoms with E-state index in [1.54, 1.807) is 22.5 Å². The van der Waals surface area contributed by atoms with E-state index in [1.807, 2.05) is 20.0 Å². The van der Waals surface area contributed by atoms with Gasteiger partial charge in [0.2, 0.25) is 10.0 Å². The van der Waals surface area contributed by atoms with Crippen LogP contribution >= 0.6 is 0 Å². The van der Waals surface area contributed by atoms with Crippen LogP contribution < -0.4 is 5.32 Å². The second-order valence-corrected chi connectivity index (χ2v) is 6.68. The summed E-state index contributed by atoms with van der Waals surface area (Å²) < 4.78 is 26.8. The number of hydrogen-bond acceptors (Lipinski definition) is 3. The van der Waals surface area contributed by atoms with Crippen molar-refractivity contribution in [3.8, 4) is 0 Å². The van der Waals surface area contributed by atoms with Crippen molar-refractivity contribution < 1.29 is 8.42 Å². The molecule has 2 rings (SSSR count). The fraction of sp³-hybridized carbons (Fsp3) is 0.538. The van der Waals surface area contributed by atoms with Gasteiger partial charge in [-0.2, -0.15) is 4.31 Å². The van der Waals surface area contributed by atoms with Crippen LogP contribution in [0.4, 0.5) is 0 Å². The van der Waals surface area contributed by atoms with E-state index in [4.69, 9.17) is 0 Å². The van der Waals surface area contributed by atoms with Gasteiger partial charge >= 0.3 is 0 Å². The van der Waals surface area contributed by atoms with Gasteiger partial charge in [0, 0.05) is 19.1 Å². The maximum Gasteiger partial charge on any atom is 0.243 e. The van der Waals surface area contributed by atoms with Crippen molar-refractivity contribution in [2.24, 2.45) is 0 Å². The second-order valence-electron chi connectivity index (χ2n) is 4.79. The first-order valence-corrected chi connectivity index (χ1v) is 7.73. The van der Waals surface area contributed by atoms with Gasteiger partial charge in [0.05, 0.1) is 4.90 Å². The lowest BCUT2D eigenvalue weighted by molar-refractivity contribution is 0.379. The van der Waals surface area contributed by atoms with E-state index in [-0.39, 0.29) is 6.04 Å². The third-order valence-corrected chi connectivity index (χ3v) is 5.31. The molecule has 1 aromatic carbocycles. The Labute approximate surface area is 109 Å². The Morgan fingerprint density at radius 1 is 1.44 bits per heavy atom. The van der Waals surface area contributed by atoms with Crippen LogP contribution in [0.15, 0.2) is 29.2 Å². The zero-order valence-corrected chi connectivity index (χ0v) is 11.7. The molecule has 0 amide bonds. The van der Waals surface area contributed by atoms with E-state index in [1.165, 1.54) is 0 Å². The summed E-state index contributed by atoms with van der Waals surface area (Å²) >= 11 is 0. The summed E-state index contributed by atoms with van der Waals surface area (Å²) in [6, 6.07) is 7.21. The van der Waals surface area contributed by atoms with Gasteiger partial charge in [-0.25, -0.2) is 8.42 Å². The molecule has 0 radical (unpaired) electrons. The Bertz CT molecular complexity index is 513. The molecule has 1 saturated heterocycles. The summed E-state index contributed by atoms with van der Waals surface area (Å²) in [6.07, 6.45) is 1.88. The predicted molar refractivity (Wildman–Crippen MR) is 72.0 cm³/mol. The molecule has 4 nitrogen and oxygen atoms in total. The van der Waals surface area contributed by atoms with Crippen molar-refractivity contribution in [2.45, 2.75) is 30.7 Å². The van der Waals surface area contributed by atoms with Gasteiger partial charge in [0.25, 0.3) is 0 Å². The van der Waals surface area contributed by atoms with E-state index in [0.717, 1.165) is 18.4 Å². The minimum absolute atomic E-state index is 0.0838. The zero-order chi connectivity index (χ0) is 13.2. The summed E-state index contributed by atoms with van der Waals surface area (Å²) in [5, 5.41) is 3.07. The average molecular weight is 268 g/mol. The van der Waals surface area contributed by atoms with Crippen LogP contribution in [0.1, 0.15) is 18.4 Å². The van der Waals surface area contributed by atoms with Crippen LogP contribution in [0.2, 0.25) is 0 Å². The Morgan fingerprint density at radius 3 is 2.89 bits per heavy atom. The first kappa shape index (κ1) is 13.5. The number of rotatable bonds is 4. The van der Waals surface area contributed by atoms with Gasteiger partial charge in [0.15, 0.2) is 0 Å². The van der Waals surface area contributed by atoms with E-state index in [2.05, 4.69) is 5.32 Å². The lowest BCUT2D eigenvalue weighted by Gasteiger charge is -2.24. The lowest BCUT2D eigenvalue weighted by atomic mass is 10.2. The second kappa shape index (κ2) is 5.38. The fourth-order valence-electron chi connectivity index (χ4n) is 2.48. The smallest absolute Gasteiger partial charge is 0.243 e. The highest BCUT2D eigenvalue weighted by Gasteiger charge is 2.34. The number of aryl methyl sites for hydroxylation is 1. The van der Waals surface area contributed by atoms with Crippen LogP contribution in [0.25, 0.3) is 0 Å². The molecule has 5 heteroatoms. The lowest BCUT2D eigenvalue weighted by Crippen LogP contribution is -2.40. The molecule has 0 saturated carbocycles. The Hall–Kier alpha value is -0.910. The fourth-order valence-corrected chi connectivity index (χ4v) is 4.27. The predicted octanol–water partition coefficient (Wildman–Crippen LogP) is 1.37. The molecule has 100 valence electrons. The third kappa shape index (κ3) is 2.58. The molecule has 1 aliphatic rings. The minimum atomic E-state index is -3.34. The topological polar surface area (TPSA) is 49.4 Å². The zero-order valence-electron chi connectivity index (χ0n) is 10.9. The molecule has 1 aromatic rings. The Balaban J connectivity index is 2.30. The van der Waals surface area contributed by atoms with E-state index in [0.29, 0.717) is 18.0 Å². The number of likely N-dealkylation sites (N-methyl/N-ethyl adjacent to an activating group) is 1.